The summed E-state index contributed by atoms with van der Waals surface area (Å²) in [5.74, 6) is -0.0572. The van der Waals surface area contributed by atoms with Crippen LogP contribution in [-0.2, 0) is 10.0 Å². The molecule has 1 aliphatic heterocycles. The summed E-state index contributed by atoms with van der Waals surface area (Å²) in [4.78, 5) is 0. The molecule has 0 amide bonds. The van der Waals surface area contributed by atoms with Crippen molar-refractivity contribution < 1.29 is 21.6 Å². The van der Waals surface area contributed by atoms with Crippen LogP contribution in [0.3, 0.4) is 0 Å². The number of sulfonamides is 1. The van der Waals surface area contributed by atoms with E-state index in [1.165, 1.54) is 0 Å². The highest BCUT2D eigenvalue weighted by atomic mass is 32.2. The van der Waals surface area contributed by atoms with Gasteiger partial charge in [-0.15, -0.1) is 0 Å². The van der Waals surface area contributed by atoms with Crippen molar-refractivity contribution in [2.45, 2.75) is 38.2 Å². The molecule has 0 aliphatic carbocycles. The van der Waals surface area contributed by atoms with Crippen LogP contribution in [0.2, 0.25) is 0 Å². The van der Waals surface area contributed by atoms with Gasteiger partial charge in [-0.2, -0.15) is 17.5 Å². The molecule has 0 spiro atoms. The standard InChI is InChI=1S/C10H19F3N2O2S/c1-8(2)14-6-9-4-3-5-15(7-9)18(16,17)10(11,12)13/h8-9,14H,3-7H2,1-2H3. The van der Waals surface area contributed by atoms with Crippen LogP contribution < -0.4 is 5.32 Å². The van der Waals surface area contributed by atoms with Crippen LogP contribution >= 0.6 is 0 Å². The van der Waals surface area contributed by atoms with Gasteiger partial charge in [0.2, 0.25) is 0 Å². The van der Waals surface area contributed by atoms with Crippen LogP contribution in [0, 0.1) is 5.92 Å². The summed E-state index contributed by atoms with van der Waals surface area (Å²) in [5, 5.41) is 3.12. The Balaban J connectivity index is 2.64. The maximum Gasteiger partial charge on any atom is 0.511 e. The van der Waals surface area contributed by atoms with Crippen molar-refractivity contribution in [1.29, 1.82) is 0 Å². The first kappa shape index (κ1) is 15.7. The monoisotopic (exact) mass is 288 g/mol. The quantitative estimate of drug-likeness (QED) is 0.854. The van der Waals surface area contributed by atoms with Gasteiger partial charge in [0, 0.05) is 19.1 Å². The predicted octanol–water partition coefficient (Wildman–Crippen LogP) is 1.55. The van der Waals surface area contributed by atoms with E-state index in [-0.39, 0.29) is 25.0 Å². The van der Waals surface area contributed by atoms with Crippen LogP contribution in [-0.4, -0.2) is 43.9 Å². The lowest BCUT2D eigenvalue weighted by atomic mass is 9.99. The number of piperidine rings is 1. The van der Waals surface area contributed by atoms with E-state index in [0.717, 1.165) is 6.42 Å². The molecule has 1 atom stereocenters. The van der Waals surface area contributed by atoms with E-state index >= 15 is 0 Å². The van der Waals surface area contributed by atoms with E-state index in [9.17, 15) is 21.6 Å². The zero-order valence-corrected chi connectivity index (χ0v) is 11.3. The summed E-state index contributed by atoms with van der Waals surface area (Å²) >= 11 is 0. The van der Waals surface area contributed by atoms with Gasteiger partial charge < -0.3 is 5.32 Å². The van der Waals surface area contributed by atoms with Crippen LogP contribution in [0.15, 0.2) is 0 Å². The van der Waals surface area contributed by atoms with Gasteiger partial charge in [-0.05, 0) is 25.3 Å². The zero-order chi connectivity index (χ0) is 14.0. The van der Waals surface area contributed by atoms with Crippen LogP contribution in [0.25, 0.3) is 0 Å². The lowest BCUT2D eigenvalue weighted by Crippen LogP contribution is -2.48. The first-order valence-corrected chi connectivity index (χ1v) is 7.38. The Morgan fingerprint density at radius 1 is 1.39 bits per heavy atom. The second-order valence-corrected chi connectivity index (χ2v) is 6.81. The van der Waals surface area contributed by atoms with Crippen molar-refractivity contribution in [3.8, 4) is 0 Å². The van der Waals surface area contributed by atoms with E-state index < -0.39 is 15.5 Å². The molecule has 1 rings (SSSR count). The van der Waals surface area contributed by atoms with Crippen LogP contribution in [0.4, 0.5) is 13.2 Å². The van der Waals surface area contributed by atoms with Crippen molar-refractivity contribution in [1.82, 2.24) is 9.62 Å². The fourth-order valence-electron chi connectivity index (χ4n) is 1.96. The maximum absolute atomic E-state index is 12.4. The molecule has 1 fully saturated rings. The molecule has 18 heavy (non-hydrogen) atoms. The van der Waals surface area contributed by atoms with Gasteiger partial charge in [0.15, 0.2) is 0 Å². The Morgan fingerprint density at radius 3 is 2.50 bits per heavy atom. The predicted molar refractivity (Wildman–Crippen MR) is 62.4 cm³/mol. The molecule has 0 radical (unpaired) electrons. The normalized spacial score (nSPS) is 23.6. The van der Waals surface area contributed by atoms with Crippen molar-refractivity contribution in [3.05, 3.63) is 0 Å². The number of halogens is 3. The van der Waals surface area contributed by atoms with E-state index in [1.807, 2.05) is 13.8 Å². The average Bonchev–Trinajstić information content (AvgIpc) is 2.25. The van der Waals surface area contributed by atoms with Crippen molar-refractivity contribution in [2.24, 2.45) is 5.92 Å². The second-order valence-electron chi connectivity index (χ2n) is 4.88. The molecule has 0 aromatic carbocycles. The van der Waals surface area contributed by atoms with Gasteiger partial charge in [0.05, 0.1) is 0 Å². The Bertz CT molecular complexity index is 368. The number of hydrogen-bond donors (Lipinski definition) is 1. The fourth-order valence-corrected chi connectivity index (χ4v) is 3.03. The minimum absolute atomic E-state index is 0.0416. The third-order valence-electron chi connectivity index (χ3n) is 2.93. The third kappa shape index (κ3) is 3.83. The number of alkyl halides is 3. The zero-order valence-electron chi connectivity index (χ0n) is 10.5. The summed E-state index contributed by atoms with van der Waals surface area (Å²) in [7, 11) is -5.17. The molecule has 1 heterocycles. The molecule has 108 valence electrons. The second kappa shape index (κ2) is 5.75. The Morgan fingerprint density at radius 2 is 2.00 bits per heavy atom. The van der Waals surface area contributed by atoms with Gasteiger partial charge in [-0.3, -0.25) is 0 Å². The summed E-state index contributed by atoms with van der Waals surface area (Å²) in [6.07, 6.45) is 1.23. The van der Waals surface area contributed by atoms with Crippen LogP contribution in [0.1, 0.15) is 26.7 Å². The molecule has 4 nitrogen and oxygen atoms in total. The molecule has 1 unspecified atom stereocenters. The molecular formula is C10H19F3N2O2S. The van der Waals surface area contributed by atoms with E-state index in [0.29, 0.717) is 17.3 Å². The van der Waals surface area contributed by atoms with Gasteiger partial charge in [-0.1, -0.05) is 13.8 Å². The molecule has 0 aromatic heterocycles. The SMILES string of the molecule is CC(C)NCC1CCCN(S(=O)(=O)C(F)(F)F)C1. The highest BCUT2D eigenvalue weighted by Crippen LogP contribution is 2.30. The molecule has 1 N–H and O–H groups in total. The van der Waals surface area contributed by atoms with Gasteiger partial charge in [-0.25, -0.2) is 8.42 Å². The number of rotatable bonds is 4. The Kier molecular flexibility index (Phi) is 5.02. The highest BCUT2D eigenvalue weighted by Gasteiger charge is 2.50. The van der Waals surface area contributed by atoms with E-state index in [1.54, 1.807) is 0 Å². The number of hydrogen-bond acceptors (Lipinski definition) is 3. The summed E-state index contributed by atoms with van der Waals surface area (Å²) in [6.45, 7) is 4.32. The Labute approximate surface area is 106 Å². The molecule has 0 bridgehead atoms. The highest BCUT2D eigenvalue weighted by molar-refractivity contribution is 7.90. The van der Waals surface area contributed by atoms with Crippen molar-refractivity contribution >= 4 is 10.0 Å². The maximum atomic E-state index is 12.4. The van der Waals surface area contributed by atoms with Crippen molar-refractivity contribution in [3.63, 3.8) is 0 Å². The first-order chi connectivity index (χ1) is 8.14. The first-order valence-electron chi connectivity index (χ1n) is 5.94. The third-order valence-corrected chi connectivity index (χ3v) is 4.53. The molecular weight excluding hydrogens is 269 g/mol. The van der Waals surface area contributed by atoms with Crippen molar-refractivity contribution in [2.75, 3.05) is 19.6 Å². The minimum atomic E-state index is -5.19. The molecule has 8 heteroatoms. The lowest BCUT2D eigenvalue weighted by Gasteiger charge is -2.32. The minimum Gasteiger partial charge on any atom is -0.314 e. The molecule has 0 saturated carbocycles. The number of nitrogens with one attached hydrogen (secondary N) is 1. The summed E-state index contributed by atoms with van der Waals surface area (Å²) < 4.78 is 60.3. The lowest BCUT2D eigenvalue weighted by molar-refractivity contribution is -0.0498. The van der Waals surface area contributed by atoms with Gasteiger partial charge in [0.25, 0.3) is 0 Å². The van der Waals surface area contributed by atoms with E-state index in [4.69, 9.17) is 0 Å². The molecule has 0 aromatic rings. The smallest absolute Gasteiger partial charge is 0.314 e. The van der Waals surface area contributed by atoms with E-state index in [2.05, 4.69) is 5.32 Å². The summed E-state index contributed by atoms with van der Waals surface area (Å²) in [6, 6.07) is 0.236. The largest absolute Gasteiger partial charge is 0.511 e. The van der Waals surface area contributed by atoms with Crippen LogP contribution in [0.5, 0.6) is 0 Å². The Hall–Kier alpha value is -0.340. The summed E-state index contributed by atoms with van der Waals surface area (Å²) in [5.41, 5.74) is -5.19. The average molecular weight is 288 g/mol. The topological polar surface area (TPSA) is 49.4 Å². The van der Waals surface area contributed by atoms with Gasteiger partial charge in [0.1, 0.15) is 0 Å². The fraction of sp³-hybridized carbons (Fsp3) is 1.00. The van der Waals surface area contributed by atoms with Gasteiger partial charge >= 0.3 is 15.5 Å². The molecule has 1 aliphatic rings. The molecule has 1 saturated heterocycles. The number of nitrogens with zero attached hydrogens (tertiary/aromatic N) is 1.